The van der Waals surface area contributed by atoms with Gasteiger partial charge in [0, 0.05) is 29.8 Å². The number of carbonyl (C=O) groups excluding carboxylic acids is 1. The lowest BCUT2D eigenvalue weighted by molar-refractivity contribution is -0.00637. The van der Waals surface area contributed by atoms with Gasteiger partial charge in [0.05, 0.1) is 5.56 Å². The van der Waals surface area contributed by atoms with E-state index in [0.29, 0.717) is 11.5 Å². The van der Waals surface area contributed by atoms with Crippen molar-refractivity contribution in [2.45, 2.75) is 63.6 Å². The van der Waals surface area contributed by atoms with E-state index in [9.17, 15) is 4.79 Å². The summed E-state index contributed by atoms with van der Waals surface area (Å²) in [5.74, 6) is 0.0482. The van der Waals surface area contributed by atoms with Crippen LogP contribution in [-0.4, -0.2) is 23.2 Å². The van der Waals surface area contributed by atoms with E-state index < -0.39 is 0 Å². The molecule has 1 saturated heterocycles. The van der Waals surface area contributed by atoms with E-state index in [1.807, 2.05) is 36.4 Å². The monoisotopic (exact) mass is 427 g/mol. The first kappa shape index (κ1) is 22.3. The van der Waals surface area contributed by atoms with Gasteiger partial charge in [-0.2, -0.15) is 0 Å². The number of ether oxygens (including phenoxy) is 1. The van der Waals surface area contributed by atoms with E-state index in [-0.39, 0.29) is 23.2 Å². The van der Waals surface area contributed by atoms with Crippen molar-refractivity contribution < 1.29 is 9.53 Å². The van der Waals surface area contributed by atoms with E-state index in [2.05, 4.69) is 81.6 Å². The average molecular weight is 428 g/mol. The Balaban J connectivity index is 1.42. The second-order valence-corrected chi connectivity index (χ2v) is 10.2. The largest absolute Gasteiger partial charge is 0.459 e. The van der Waals surface area contributed by atoms with Gasteiger partial charge in [0.25, 0.3) is 0 Å². The molecule has 0 bridgehead atoms. The summed E-state index contributed by atoms with van der Waals surface area (Å²) < 4.78 is 5.89. The first-order valence-corrected chi connectivity index (χ1v) is 11.4. The summed E-state index contributed by atoms with van der Waals surface area (Å²) in [5, 5.41) is 3.63. The van der Waals surface area contributed by atoms with Crippen LogP contribution in [0.1, 0.15) is 62.4 Å². The maximum absolute atomic E-state index is 12.8. The number of carbonyl (C=O) groups is 1. The second kappa shape index (κ2) is 8.91. The maximum atomic E-state index is 12.8. The predicted molar refractivity (Wildman–Crippen MR) is 132 cm³/mol. The maximum Gasteiger partial charge on any atom is 0.338 e. The minimum atomic E-state index is -0.244. The molecule has 1 heterocycles. The number of rotatable bonds is 4. The van der Waals surface area contributed by atoms with Crippen LogP contribution in [0.5, 0.6) is 0 Å². The van der Waals surface area contributed by atoms with Crippen LogP contribution in [0, 0.1) is 0 Å². The highest BCUT2D eigenvalue weighted by atomic mass is 16.5. The first-order valence-electron chi connectivity index (χ1n) is 11.4. The summed E-state index contributed by atoms with van der Waals surface area (Å²) in [6.45, 7) is 8.64. The number of esters is 1. The molecule has 0 radical (unpaired) electrons. The summed E-state index contributed by atoms with van der Waals surface area (Å²) in [4.78, 5) is 12.8. The molecule has 2 aliphatic rings. The van der Waals surface area contributed by atoms with E-state index >= 15 is 0 Å². The van der Waals surface area contributed by atoms with Gasteiger partial charge >= 0.3 is 5.97 Å². The fourth-order valence-electron chi connectivity index (χ4n) is 5.01. The lowest BCUT2D eigenvalue weighted by atomic mass is 9.81. The molecule has 3 heteroatoms. The molecule has 1 fully saturated rings. The molecule has 0 aromatic heterocycles. The molecular formula is C29H33NO2. The Bertz CT molecular complexity index is 1010. The van der Waals surface area contributed by atoms with Gasteiger partial charge < -0.3 is 10.1 Å². The molecule has 0 saturated carbocycles. The van der Waals surface area contributed by atoms with Crippen molar-refractivity contribution in [2.75, 3.05) is 0 Å². The van der Waals surface area contributed by atoms with Gasteiger partial charge in [0.15, 0.2) is 0 Å². The molecule has 2 aromatic carbocycles. The second-order valence-electron chi connectivity index (χ2n) is 10.2. The Morgan fingerprint density at radius 3 is 1.81 bits per heavy atom. The zero-order valence-corrected chi connectivity index (χ0v) is 19.5. The molecule has 0 unspecified atom stereocenters. The number of hydrogen-bond acceptors (Lipinski definition) is 3. The quantitative estimate of drug-likeness (QED) is 0.560. The van der Waals surface area contributed by atoms with Gasteiger partial charge in [-0.25, -0.2) is 4.79 Å². The van der Waals surface area contributed by atoms with Crippen molar-refractivity contribution in [1.29, 1.82) is 0 Å². The van der Waals surface area contributed by atoms with Gasteiger partial charge in [0.1, 0.15) is 6.10 Å². The van der Waals surface area contributed by atoms with Crippen LogP contribution >= 0.6 is 0 Å². The van der Waals surface area contributed by atoms with E-state index in [1.165, 1.54) is 5.56 Å². The van der Waals surface area contributed by atoms with Crippen LogP contribution in [0.2, 0.25) is 0 Å². The van der Waals surface area contributed by atoms with Gasteiger partial charge in [0.2, 0.25) is 0 Å². The topological polar surface area (TPSA) is 38.3 Å². The standard InChI is InChI=1S/C29H33NO2/c1-28(2)19-26(20-29(3,4)30-28)32-27(31)25-17-15-24(16-18-25)23-13-11-22(12-14-23)21-9-7-5-6-8-10-21/h5-18,21,26,30H,19-20H2,1-4H3. The molecular weight excluding hydrogens is 394 g/mol. The highest BCUT2D eigenvalue weighted by Crippen LogP contribution is 2.31. The first-order chi connectivity index (χ1) is 15.2. The van der Waals surface area contributed by atoms with Crippen molar-refractivity contribution in [3.63, 3.8) is 0 Å². The minimum absolute atomic E-state index is 0.0540. The molecule has 1 aliphatic carbocycles. The highest BCUT2D eigenvalue weighted by Gasteiger charge is 2.39. The van der Waals surface area contributed by atoms with Gasteiger partial charge in [-0.1, -0.05) is 72.9 Å². The number of allylic oxidation sites excluding steroid dienone is 6. The smallest absolute Gasteiger partial charge is 0.338 e. The summed E-state index contributed by atoms with van der Waals surface area (Å²) in [6, 6.07) is 16.3. The third-order valence-corrected chi connectivity index (χ3v) is 6.15. The molecule has 3 nitrogen and oxygen atoms in total. The number of piperidine rings is 1. The summed E-state index contributed by atoms with van der Waals surface area (Å²) in [7, 11) is 0. The van der Waals surface area contributed by atoms with E-state index in [0.717, 1.165) is 24.0 Å². The Labute approximate surface area is 191 Å². The third-order valence-electron chi connectivity index (χ3n) is 6.15. The van der Waals surface area contributed by atoms with Gasteiger partial charge in [-0.3, -0.25) is 0 Å². The molecule has 32 heavy (non-hydrogen) atoms. The molecule has 4 rings (SSSR count). The van der Waals surface area contributed by atoms with Crippen LogP contribution in [0.4, 0.5) is 0 Å². The third kappa shape index (κ3) is 5.46. The fraction of sp³-hybridized carbons (Fsp3) is 0.345. The van der Waals surface area contributed by atoms with E-state index in [1.54, 1.807) is 0 Å². The lowest BCUT2D eigenvalue weighted by Gasteiger charge is -2.45. The molecule has 0 amide bonds. The SMILES string of the molecule is CC1(C)CC(OC(=O)c2ccc(-c3ccc(C4C=CC=CC=C4)cc3)cc2)CC(C)(C)N1. The molecule has 0 atom stereocenters. The van der Waals surface area contributed by atoms with Gasteiger partial charge in [-0.05, 0) is 56.5 Å². The zero-order chi connectivity index (χ0) is 22.8. The Morgan fingerprint density at radius 1 is 0.781 bits per heavy atom. The van der Waals surface area contributed by atoms with Crippen LogP contribution in [-0.2, 0) is 4.74 Å². The molecule has 166 valence electrons. The Kier molecular flexibility index (Phi) is 6.21. The van der Waals surface area contributed by atoms with Crippen molar-refractivity contribution >= 4 is 5.97 Å². The lowest BCUT2D eigenvalue weighted by Crippen LogP contribution is -2.59. The van der Waals surface area contributed by atoms with E-state index in [4.69, 9.17) is 4.74 Å². The number of benzene rings is 2. The molecule has 1 aliphatic heterocycles. The zero-order valence-electron chi connectivity index (χ0n) is 19.5. The molecule has 0 spiro atoms. The average Bonchev–Trinajstić information content (AvgIpc) is 3.01. The van der Waals surface area contributed by atoms with Crippen molar-refractivity contribution in [1.82, 2.24) is 5.32 Å². The summed E-state index contributed by atoms with van der Waals surface area (Å²) >= 11 is 0. The van der Waals surface area contributed by atoms with Crippen LogP contribution in [0.25, 0.3) is 11.1 Å². The fourth-order valence-corrected chi connectivity index (χ4v) is 5.01. The van der Waals surface area contributed by atoms with Crippen LogP contribution in [0.3, 0.4) is 0 Å². The van der Waals surface area contributed by atoms with Crippen molar-refractivity contribution in [2.24, 2.45) is 0 Å². The van der Waals surface area contributed by atoms with Crippen LogP contribution < -0.4 is 5.32 Å². The minimum Gasteiger partial charge on any atom is -0.459 e. The normalized spacial score (nSPS) is 20.1. The predicted octanol–water partition coefficient (Wildman–Crippen LogP) is 6.59. The van der Waals surface area contributed by atoms with Crippen molar-refractivity contribution in [3.8, 4) is 11.1 Å². The van der Waals surface area contributed by atoms with Crippen LogP contribution in [0.15, 0.2) is 85.0 Å². The summed E-state index contributed by atoms with van der Waals surface area (Å²) in [5.41, 5.74) is 3.98. The van der Waals surface area contributed by atoms with Crippen molar-refractivity contribution in [3.05, 3.63) is 96.1 Å². The van der Waals surface area contributed by atoms with Gasteiger partial charge in [-0.15, -0.1) is 0 Å². The number of hydrogen-bond donors (Lipinski definition) is 1. The summed E-state index contributed by atoms with van der Waals surface area (Å²) in [6.07, 6.45) is 14.2. The molecule has 1 N–H and O–H groups in total. The highest BCUT2D eigenvalue weighted by molar-refractivity contribution is 5.90. The molecule has 2 aromatic rings. The Morgan fingerprint density at radius 2 is 1.28 bits per heavy atom. The number of nitrogens with one attached hydrogen (secondary N) is 1. The Hall–Kier alpha value is -2.91.